The fourth-order valence-corrected chi connectivity index (χ4v) is 0. The number of hydrogen-bond acceptors (Lipinski definition) is 5. The van der Waals surface area contributed by atoms with Crippen LogP contribution in [-0.4, -0.2) is 65.1 Å². The molecule has 0 aromatic carbocycles. The summed E-state index contributed by atoms with van der Waals surface area (Å²) in [6.07, 6.45) is 0. The summed E-state index contributed by atoms with van der Waals surface area (Å²) in [5.74, 6) is 0. The van der Waals surface area contributed by atoms with Crippen molar-refractivity contribution in [2.45, 2.75) is 0 Å². The Hall–Kier alpha value is 4.29. The van der Waals surface area contributed by atoms with Crippen LogP contribution in [0, 0.1) is 0 Å². The molecule has 0 spiro atoms. The number of hydrogen-bond donors (Lipinski definition) is 0. The van der Waals surface area contributed by atoms with E-state index in [0.29, 0.717) is 0 Å². The summed E-state index contributed by atoms with van der Waals surface area (Å²) in [4.78, 5) is 0. The molecule has 0 aromatic heterocycles. The molecule has 0 bridgehead atoms. The van der Waals surface area contributed by atoms with Gasteiger partial charge in [0.25, 0.3) is 0 Å². The van der Waals surface area contributed by atoms with Gasteiger partial charge in [-0.15, -0.1) is 0 Å². The first-order valence-corrected chi connectivity index (χ1v) is 0. The van der Waals surface area contributed by atoms with Crippen molar-refractivity contribution >= 4 is 37.7 Å². The van der Waals surface area contributed by atoms with Crippen LogP contribution >= 0.6 is 0 Å². The molecule has 0 aromatic rings. The molecule has 5 nitrogen and oxygen atoms in total. The molecule has 5 N–H and O–H groups in total. The molecule has 0 saturated carbocycles. The smallest absolute Gasteiger partial charge is 0.870 e. The zero-order chi connectivity index (χ0) is 0. The standard InChI is InChI=1S/Ca.K.Li.Na.5H2O/h;;;;5*1H2/q+2;3*+1;;;;;/p-5. The summed E-state index contributed by atoms with van der Waals surface area (Å²) in [5.41, 5.74) is 0. The molecule has 0 unspecified atom stereocenters. The van der Waals surface area contributed by atoms with E-state index < -0.39 is 0 Å². The molecule has 0 aliphatic carbocycles. The minimum absolute atomic E-state index is 0. The Balaban J connectivity index is 0. The predicted octanol–water partition coefficient (Wildman–Crippen LogP) is -10.3. The molecule has 0 atom stereocenters. The molecule has 0 aliphatic rings. The Morgan fingerprint density at radius 3 is 0.556 bits per heavy atom. The first kappa shape index (κ1) is 109. The van der Waals surface area contributed by atoms with Crippen molar-refractivity contribution in [2.75, 3.05) is 0 Å². The predicted molar refractivity (Wildman–Crippen MR) is 15.4 cm³/mol. The van der Waals surface area contributed by atoms with E-state index in [-0.39, 0.29) is 165 Å². The summed E-state index contributed by atoms with van der Waals surface area (Å²) in [6.45, 7) is 0. The van der Waals surface area contributed by atoms with E-state index in [0.717, 1.165) is 0 Å². The van der Waals surface area contributed by atoms with E-state index in [9.17, 15) is 0 Å². The molecular formula is H5CaKLiNaO5. The monoisotopic (exact) mass is 194 g/mol. The van der Waals surface area contributed by atoms with Crippen LogP contribution in [0.2, 0.25) is 0 Å². The second-order valence-corrected chi connectivity index (χ2v) is 0. The van der Waals surface area contributed by atoms with Crippen molar-refractivity contribution in [3.05, 3.63) is 0 Å². The Kier molecular flexibility index (Phi) is 1030. The molecule has 0 amide bonds. The second kappa shape index (κ2) is 85.1. The molecule has 0 heterocycles. The van der Waals surface area contributed by atoms with Crippen LogP contribution in [0.15, 0.2) is 0 Å². The van der Waals surface area contributed by atoms with Gasteiger partial charge in [-0.25, -0.2) is 0 Å². The third-order valence-electron chi connectivity index (χ3n) is 0. The molecule has 9 heteroatoms. The molecule has 40 valence electrons. The zero-order valence-electron chi connectivity index (χ0n) is 5.94. The first-order valence-electron chi connectivity index (χ1n) is 0. The SMILES string of the molecule is [Ca+2].[K+].[Li+].[Na+].[OH-].[OH-].[OH-].[OH-].[OH-]. The average molecular weight is 194 g/mol. The van der Waals surface area contributed by atoms with E-state index in [2.05, 4.69) is 0 Å². The van der Waals surface area contributed by atoms with Gasteiger partial charge in [-0.05, 0) is 0 Å². The molecule has 0 rings (SSSR count). The fraction of sp³-hybridized carbons (Fsp3) is 0. The van der Waals surface area contributed by atoms with Gasteiger partial charge in [0.2, 0.25) is 0 Å². The Bertz CT molecular complexity index is 16.9. The van der Waals surface area contributed by atoms with Crippen molar-refractivity contribution in [1.82, 2.24) is 0 Å². The fourth-order valence-electron chi connectivity index (χ4n) is 0. The van der Waals surface area contributed by atoms with Crippen LogP contribution in [0.3, 0.4) is 0 Å². The van der Waals surface area contributed by atoms with Gasteiger partial charge in [-0.2, -0.15) is 0 Å². The van der Waals surface area contributed by atoms with Gasteiger partial charge in [-0.1, -0.05) is 0 Å². The molecule has 0 aliphatic heterocycles. The third kappa shape index (κ3) is 70.7. The van der Waals surface area contributed by atoms with Crippen molar-refractivity contribution in [3.8, 4) is 0 Å². The van der Waals surface area contributed by atoms with E-state index in [1.807, 2.05) is 0 Å². The van der Waals surface area contributed by atoms with Gasteiger partial charge in [-0.3, -0.25) is 0 Å². The number of rotatable bonds is 0. The summed E-state index contributed by atoms with van der Waals surface area (Å²) in [6, 6.07) is 0. The van der Waals surface area contributed by atoms with Gasteiger partial charge in [0, 0.05) is 0 Å². The van der Waals surface area contributed by atoms with E-state index in [4.69, 9.17) is 0 Å². The molecule has 0 fully saturated rings. The summed E-state index contributed by atoms with van der Waals surface area (Å²) in [7, 11) is 0. The summed E-state index contributed by atoms with van der Waals surface area (Å²) < 4.78 is 0. The maximum atomic E-state index is 0. The average Bonchev–Trinajstić information content (AvgIpc) is 0. The molecule has 0 radical (unpaired) electrons. The third-order valence-corrected chi connectivity index (χ3v) is 0. The zero-order valence-corrected chi connectivity index (χ0v) is 13.3. The summed E-state index contributed by atoms with van der Waals surface area (Å²) >= 11 is 0. The largest absolute Gasteiger partial charge is 2.00 e. The molecular weight excluding hydrogens is 189 g/mol. The van der Waals surface area contributed by atoms with Crippen LogP contribution < -0.4 is 99.8 Å². The van der Waals surface area contributed by atoms with Crippen molar-refractivity contribution in [1.29, 1.82) is 0 Å². The quantitative estimate of drug-likeness (QED) is 0.350. The van der Waals surface area contributed by atoms with E-state index in [1.165, 1.54) is 0 Å². The van der Waals surface area contributed by atoms with Gasteiger partial charge < -0.3 is 27.4 Å². The van der Waals surface area contributed by atoms with Gasteiger partial charge in [0.05, 0.1) is 0 Å². The normalized spacial score (nSPS) is 0. The van der Waals surface area contributed by atoms with Gasteiger partial charge in [0.1, 0.15) is 0 Å². The second-order valence-electron chi connectivity index (χ2n) is 0. The summed E-state index contributed by atoms with van der Waals surface area (Å²) in [5, 5.41) is 0. The maximum absolute atomic E-state index is 0. The maximum Gasteiger partial charge on any atom is 2.00 e. The Morgan fingerprint density at radius 2 is 0.556 bits per heavy atom. The Morgan fingerprint density at radius 1 is 0.556 bits per heavy atom. The topological polar surface area (TPSA) is 150 Å². The van der Waals surface area contributed by atoms with Crippen LogP contribution in [0.5, 0.6) is 0 Å². The minimum Gasteiger partial charge on any atom is -0.870 e. The van der Waals surface area contributed by atoms with Crippen molar-refractivity contribution < 1.29 is 127 Å². The van der Waals surface area contributed by atoms with Crippen LogP contribution in [0.1, 0.15) is 0 Å². The van der Waals surface area contributed by atoms with Crippen LogP contribution in [0.4, 0.5) is 0 Å². The van der Waals surface area contributed by atoms with Crippen LogP contribution in [-0.2, 0) is 0 Å². The minimum atomic E-state index is 0. The van der Waals surface area contributed by atoms with Gasteiger partial charge in [0.15, 0.2) is 0 Å². The van der Waals surface area contributed by atoms with Crippen molar-refractivity contribution in [3.63, 3.8) is 0 Å². The van der Waals surface area contributed by atoms with Gasteiger partial charge >= 0.3 is 138 Å². The van der Waals surface area contributed by atoms with Crippen LogP contribution in [0.25, 0.3) is 0 Å². The van der Waals surface area contributed by atoms with E-state index >= 15 is 0 Å². The molecule has 0 saturated heterocycles. The van der Waals surface area contributed by atoms with E-state index in [1.54, 1.807) is 0 Å². The first-order chi connectivity index (χ1) is 0. The Labute approximate surface area is 161 Å². The van der Waals surface area contributed by atoms with Crippen molar-refractivity contribution in [2.24, 2.45) is 0 Å². The molecule has 9 heavy (non-hydrogen) atoms.